The molecule has 0 radical (unpaired) electrons. The summed E-state index contributed by atoms with van der Waals surface area (Å²) in [7, 11) is 3.10. The van der Waals surface area contributed by atoms with Crippen molar-refractivity contribution in [1.82, 2.24) is 10.2 Å². The first-order valence-corrected chi connectivity index (χ1v) is 10.2. The lowest BCUT2D eigenvalue weighted by molar-refractivity contribution is -0.151. The monoisotopic (exact) mass is 419 g/mol. The summed E-state index contributed by atoms with van der Waals surface area (Å²) in [6.45, 7) is 2.80. The van der Waals surface area contributed by atoms with Crippen LogP contribution >= 0.6 is 0 Å². The van der Waals surface area contributed by atoms with Gasteiger partial charge in [0.25, 0.3) is 5.91 Å². The van der Waals surface area contributed by atoms with E-state index in [9.17, 15) is 14.4 Å². The van der Waals surface area contributed by atoms with Crippen LogP contribution in [0.5, 0.6) is 5.75 Å². The number of urea groups is 1. The Morgan fingerprint density at radius 2 is 2.10 bits per heavy atom. The Hall–Kier alpha value is -2.81. The van der Waals surface area contributed by atoms with Gasteiger partial charge < -0.3 is 29.7 Å². The number of ether oxygens (including phenoxy) is 3. The molecule has 2 N–H and O–H groups in total. The van der Waals surface area contributed by atoms with Crippen molar-refractivity contribution in [1.29, 1.82) is 0 Å². The van der Waals surface area contributed by atoms with Crippen LogP contribution < -0.4 is 15.4 Å². The molecule has 9 nitrogen and oxygen atoms in total. The highest BCUT2D eigenvalue weighted by Gasteiger charge is 2.39. The predicted molar refractivity (Wildman–Crippen MR) is 110 cm³/mol. The number of carbonyl (C=O) groups is 3. The van der Waals surface area contributed by atoms with Gasteiger partial charge in [-0.2, -0.15) is 0 Å². The Balaban J connectivity index is 1.74. The lowest BCUT2D eigenvalue weighted by Gasteiger charge is -2.42. The molecule has 1 aromatic rings. The molecule has 0 spiro atoms. The van der Waals surface area contributed by atoms with Crippen LogP contribution in [0.25, 0.3) is 0 Å². The average molecular weight is 419 g/mol. The van der Waals surface area contributed by atoms with E-state index in [-0.39, 0.29) is 49.2 Å². The molecule has 3 atom stereocenters. The number of benzene rings is 1. The summed E-state index contributed by atoms with van der Waals surface area (Å²) in [5.74, 6) is -0.0844. The molecule has 0 aliphatic carbocycles. The molecule has 0 bridgehead atoms. The zero-order valence-corrected chi connectivity index (χ0v) is 17.6. The van der Waals surface area contributed by atoms with E-state index in [0.717, 1.165) is 6.42 Å². The minimum Gasteiger partial charge on any atom is -0.490 e. The maximum absolute atomic E-state index is 13.1. The van der Waals surface area contributed by atoms with Gasteiger partial charge in [-0.3, -0.25) is 9.59 Å². The third kappa shape index (κ3) is 5.02. The number of esters is 1. The van der Waals surface area contributed by atoms with Crippen LogP contribution in [0.4, 0.5) is 10.5 Å². The highest BCUT2D eigenvalue weighted by molar-refractivity contribution is 5.99. The topological polar surface area (TPSA) is 106 Å². The number of nitrogens with one attached hydrogen (secondary N) is 2. The lowest BCUT2D eigenvalue weighted by Crippen LogP contribution is -2.53. The minimum atomic E-state index is -0.340. The van der Waals surface area contributed by atoms with E-state index >= 15 is 0 Å². The van der Waals surface area contributed by atoms with Crippen molar-refractivity contribution in [3.05, 3.63) is 23.8 Å². The zero-order chi connectivity index (χ0) is 21.7. The van der Waals surface area contributed by atoms with E-state index in [1.165, 1.54) is 7.11 Å². The smallest absolute Gasteiger partial charge is 0.319 e. The van der Waals surface area contributed by atoms with Crippen LogP contribution in [-0.2, 0) is 14.3 Å². The Morgan fingerprint density at radius 3 is 2.83 bits per heavy atom. The summed E-state index contributed by atoms with van der Waals surface area (Å²) in [6, 6.07) is 4.51. The van der Waals surface area contributed by atoms with Crippen LogP contribution in [0.15, 0.2) is 18.2 Å². The first-order valence-electron chi connectivity index (χ1n) is 10.2. The third-order valence-electron chi connectivity index (χ3n) is 5.43. The largest absolute Gasteiger partial charge is 0.490 e. The van der Waals surface area contributed by atoms with Gasteiger partial charge >= 0.3 is 12.0 Å². The van der Waals surface area contributed by atoms with E-state index in [1.807, 2.05) is 6.92 Å². The fraction of sp³-hybridized carbons (Fsp3) is 0.571. The van der Waals surface area contributed by atoms with Gasteiger partial charge in [-0.05, 0) is 37.5 Å². The fourth-order valence-corrected chi connectivity index (χ4v) is 3.79. The second-order valence-electron chi connectivity index (χ2n) is 7.54. The molecule has 3 rings (SSSR count). The quantitative estimate of drug-likeness (QED) is 0.709. The Labute approximate surface area is 176 Å². The zero-order valence-electron chi connectivity index (χ0n) is 17.6. The predicted octanol–water partition coefficient (Wildman–Crippen LogP) is 2.16. The van der Waals surface area contributed by atoms with Crippen molar-refractivity contribution in [2.45, 2.75) is 50.9 Å². The van der Waals surface area contributed by atoms with E-state index in [0.29, 0.717) is 36.4 Å². The number of rotatable bonds is 5. The van der Waals surface area contributed by atoms with E-state index < -0.39 is 0 Å². The summed E-state index contributed by atoms with van der Waals surface area (Å²) in [5, 5.41) is 5.48. The first-order chi connectivity index (χ1) is 14.4. The maximum Gasteiger partial charge on any atom is 0.319 e. The van der Waals surface area contributed by atoms with Gasteiger partial charge in [0.05, 0.1) is 31.2 Å². The highest BCUT2D eigenvalue weighted by atomic mass is 16.5. The number of hydrogen-bond donors (Lipinski definition) is 2. The van der Waals surface area contributed by atoms with Gasteiger partial charge in [0.1, 0.15) is 18.5 Å². The molecule has 1 aromatic carbocycles. The molecule has 2 heterocycles. The molecule has 0 aromatic heterocycles. The fourth-order valence-electron chi connectivity index (χ4n) is 3.79. The number of anilines is 1. The van der Waals surface area contributed by atoms with Gasteiger partial charge in [0.15, 0.2) is 0 Å². The van der Waals surface area contributed by atoms with Crippen LogP contribution in [0.3, 0.4) is 0 Å². The number of nitrogens with zero attached hydrogens (tertiary/aromatic N) is 1. The molecule has 0 saturated carbocycles. The van der Waals surface area contributed by atoms with Gasteiger partial charge in [-0.15, -0.1) is 0 Å². The highest BCUT2D eigenvalue weighted by Crippen LogP contribution is 2.32. The van der Waals surface area contributed by atoms with Gasteiger partial charge in [-0.25, -0.2) is 4.79 Å². The molecule has 164 valence electrons. The summed E-state index contributed by atoms with van der Waals surface area (Å²) >= 11 is 0. The van der Waals surface area contributed by atoms with Gasteiger partial charge in [0, 0.05) is 19.3 Å². The Kier molecular flexibility index (Phi) is 7.15. The van der Waals surface area contributed by atoms with Gasteiger partial charge in [0.2, 0.25) is 0 Å². The molecule has 0 unspecified atom stereocenters. The van der Waals surface area contributed by atoms with Crippen LogP contribution in [0.2, 0.25) is 0 Å². The van der Waals surface area contributed by atoms with E-state index in [4.69, 9.17) is 14.2 Å². The summed E-state index contributed by atoms with van der Waals surface area (Å²) in [4.78, 5) is 38.3. The molecule has 3 amide bonds. The van der Waals surface area contributed by atoms with Crippen molar-refractivity contribution in [3.63, 3.8) is 0 Å². The molecule has 2 aliphatic heterocycles. The third-order valence-corrected chi connectivity index (χ3v) is 5.43. The Bertz CT molecular complexity index is 799. The molecular weight excluding hydrogens is 390 g/mol. The van der Waals surface area contributed by atoms with Crippen LogP contribution in [-0.4, -0.2) is 68.4 Å². The summed E-state index contributed by atoms with van der Waals surface area (Å²) in [5.41, 5.74) is 0.906. The van der Waals surface area contributed by atoms with Crippen molar-refractivity contribution < 1.29 is 28.6 Å². The number of amides is 3. The minimum absolute atomic E-state index is 0.163. The second kappa shape index (κ2) is 9.80. The van der Waals surface area contributed by atoms with Crippen LogP contribution in [0, 0.1) is 0 Å². The molecule has 2 aliphatic rings. The van der Waals surface area contributed by atoms with Crippen molar-refractivity contribution in [3.8, 4) is 5.75 Å². The lowest BCUT2D eigenvalue weighted by atomic mass is 9.94. The molecule has 30 heavy (non-hydrogen) atoms. The molecule has 9 heteroatoms. The maximum atomic E-state index is 13.1. The first kappa shape index (κ1) is 21.9. The van der Waals surface area contributed by atoms with E-state index in [1.54, 1.807) is 30.1 Å². The van der Waals surface area contributed by atoms with Crippen molar-refractivity contribution >= 4 is 23.6 Å². The van der Waals surface area contributed by atoms with Gasteiger partial charge in [-0.1, -0.05) is 6.92 Å². The number of methoxy groups -OCH3 is 1. The van der Waals surface area contributed by atoms with Crippen molar-refractivity contribution in [2.75, 3.05) is 32.6 Å². The normalized spacial score (nSPS) is 23.2. The van der Waals surface area contributed by atoms with Crippen LogP contribution in [0.1, 0.15) is 43.0 Å². The standard InChI is InChI=1S/C21H29N3O6/c1-4-9-22-21(27)23-13-5-8-17-15(10-13)20(26)24(2)16-7-6-14(11-19(25)28-3)30-18(16)12-29-17/h5,8,10,14,16,18H,4,6-7,9,11-12H2,1-3H3,(H2,22,23,27)/t14-,16+,18-/m0/s1. The Morgan fingerprint density at radius 1 is 1.30 bits per heavy atom. The number of likely N-dealkylation sites (N-methyl/N-ethyl adjacent to an activating group) is 1. The molecular formula is C21H29N3O6. The second-order valence-corrected chi connectivity index (χ2v) is 7.54. The average Bonchev–Trinajstić information content (AvgIpc) is 2.75. The summed E-state index contributed by atoms with van der Waals surface area (Å²) in [6.07, 6.45) is 1.78. The number of carbonyl (C=O) groups excluding carboxylic acids is 3. The molecule has 1 fully saturated rings. The SMILES string of the molecule is CCCNC(=O)Nc1ccc2c(c1)C(=O)N(C)[C@@H]1CC[C@@H](CC(=O)OC)O[C@H]1CO2. The summed E-state index contributed by atoms with van der Waals surface area (Å²) < 4.78 is 16.7. The number of fused-ring (bicyclic) bond motifs is 2. The number of hydrogen-bond acceptors (Lipinski definition) is 6. The van der Waals surface area contributed by atoms with Crippen molar-refractivity contribution in [2.24, 2.45) is 0 Å². The molecule has 1 saturated heterocycles. The van der Waals surface area contributed by atoms with E-state index in [2.05, 4.69) is 10.6 Å².